The zero-order chi connectivity index (χ0) is 22.6. The monoisotopic (exact) mass is 442 g/mol. The largest absolute Gasteiger partial charge is 0.326 e. The molecule has 0 atom stereocenters. The molecule has 0 unspecified atom stereocenters. The smallest absolute Gasteiger partial charge is 0.325 e. The van der Waals surface area contributed by atoms with Crippen LogP contribution in [0.3, 0.4) is 0 Å². The molecular formula is C21H22N4O5S. The molecule has 4 N–H and O–H groups in total. The third-order valence-electron chi connectivity index (χ3n) is 4.61. The van der Waals surface area contributed by atoms with Crippen molar-refractivity contribution in [3.8, 4) is 0 Å². The van der Waals surface area contributed by atoms with Crippen LogP contribution >= 0.6 is 0 Å². The Morgan fingerprint density at radius 1 is 0.903 bits per heavy atom. The van der Waals surface area contributed by atoms with Crippen LogP contribution in [0.2, 0.25) is 0 Å². The second-order valence-corrected chi connectivity index (χ2v) is 8.74. The summed E-state index contributed by atoms with van der Waals surface area (Å²) in [5.41, 5.74) is 1.46. The summed E-state index contributed by atoms with van der Waals surface area (Å²) >= 11 is 0. The van der Waals surface area contributed by atoms with Crippen molar-refractivity contribution < 1.29 is 13.2 Å². The Labute approximate surface area is 178 Å². The van der Waals surface area contributed by atoms with Crippen LogP contribution in [-0.2, 0) is 21.2 Å². The average molecular weight is 442 g/mol. The summed E-state index contributed by atoms with van der Waals surface area (Å²) in [4.78, 5) is 40.0. The van der Waals surface area contributed by atoms with Gasteiger partial charge in [-0.3, -0.25) is 19.3 Å². The highest BCUT2D eigenvalue weighted by atomic mass is 32.2. The summed E-state index contributed by atoms with van der Waals surface area (Å²) < 4.78 is 27.4. The third kappa shape index (κ3) is 5.70. The van der Waals surface area contributed by atoms with Crippen LogP contribution in [0, 0.1) is 13.8 Å². The van der Waals surface area contributed by atoms with Gasteiger partial charge in [0.1, 0.15) is 0 Å². The highest BCUT2D eigenvalue weighted by Gasteiger charge is 2.14. The Morgan fingerprint density at radius 3 is 2.13 bits per heavy atom. The van der Waals surface area contributed by atoms with Gasteiger partial charge in [0.25, 0.3) is 15.6 Å². The maximum atomic E-state index is 12.4. The summed E-state index contributed by atoms with van der Waals surface area (Å²) in [5, 5.41) is 2.69. The summed E-state index contributed by atoms with van der Waals surface area (Å²) in [6.07, 6.45) is 0.204. The van der Waals surface area contributed by atoms with E-state index >= 15 is 0 Å². The Morgan fingerprint density at radius 2 is 1.52 bits per heavy atom. The number of sulfonamides is 1. The molecule has 0 saturated heterocycles. The van der Waals surface area contributed by atoms with Gasteiger partial charge >= 0.3 is 5.69 Å². The fourth-order valence-corrected chi connectivity index (χ4v) is 4.00. The minimum Gasteiger partial charge on any atom is -0.326 e. The first-order valence-electron chi connectivity index (χ1n) is 9.45. The minimum absolute atomic E-state index is 0.0395. The van der Waals surface area contributed by atoms with Gasteiger partial charge in [0, 0.05) is 29.1 Å². The van der Waals surface area contributed by atoms with Crippen molar-refractivity contribution in [2.24, 2.45) is 0 Å². The van der Waals surface area contributed by atoms with E-state index in [0.29, 0.717) is 22.6 Å². The van der Waals surface area contributed by atoms with Crippen molar-refractivity contribution >= 4 is 27.3 Å². The Bertz CT molecular complexity index is 1310. The van der Waals surface area contributed by atoms with Gasteiger partial charge in [-0.15, -0.1) is 0 Å². The predicted molar refractivity (Wildman–Crippen MR) is 118 cm³/mol. The molecule has 0 aliphatic heterocycles. The van der Waals surface area contributed by atoms with Gasteiger partial charge in [-0.05, 0) is 56.7 Å². The number of carbonyl (C=O) groups excluding carboxylic acids is 1. The molecule has 0 spiro atoms. The van der Waals surface area contributed by atoms with Crippen LogP contribution in [0.5, 0.6) is 0 Å². The highest BCUT2D eigenvalue weighted by Crippen LogP contribution is 2.19. The summed E-state index contributed by atoms with van der Waals surface area (Å²) in [5.74, 6) is -0.321. The SMILES string of the molecule is Cc1ccc(S(=O)(=O)Nc2ccc(NC(=O)CCc3c(C)[nH]c(=O)[nH]c3=O)cc2)cc1. The van der Waals surface area contributed by atoms with E-state index < -0.39 is 21.3 Å². The quantitative estimate of drug-likeness (QED) is 0.443. The number of aromatic amines is 2. The van der Waals surface area contributed by atoms with Gasteiger partial charge < -0.3 is 10.3 Å². The predicted octanol–water partition coefficient (Wildman–Crippen LogP) is 2.05. The highest BCUT2D eigenvalue weighted by molar-refractivity contribution is 7.92. The van der Waals surface area contributed by atoms with Gasteiger partial charge in [-0.2, -0.15) is 0 Å². The Hall–Kier alpha value is -3.66. The number of hydrogen-bond donors (Lipinski definition) is 4. The summed E-state index contributed by atoms with van der Waals surface area (Å²) in [6, 6.07) is 12.7. The molecule has 1 amide bonds. The molecule has 0 bridgehead atoms. The van der Waals surface area contributed by atoms with Crippen LogP contribution < -0.4 is 21.3 Å². The molecule has 1 aromatic heterocycles. The number of aromatic nitrogens is 2. The zero-order valence-electron chi connectivity index (χ0n) is 17.0. The summed E-state index contributed by atoms with van der Waals surface area (Å²) in [6.45, 7) is 3.47. The number of nitrogens with one attached hydrogen (secondary N) is 4. The van der Waals surface area contributed by atoms with Gasteiger partial charge in [-0.25, -0.2) is 13.2 Å². The van der Waals surface area contributed by atoms with E-state index in [-0.39, 0.29) is 23.6 Å². The molecule has 31 heavy (non-hydrogen) atoms. The maximum Gasteiger partial charge on any atom is 0.325 e. The number of carbonyl (C=O) groups is 1. The molecule has 2 aromatic carbocycles. The van der Waals surface area contributed by atoms with E-state index in [4.69, 9.17) is 0 Å². The molecule has 3 aromatic rings. The third-order valence-corrected chi connectivity index (χ3v) is 6.01. The lowest BCUT2D eigenvalue weighted by molar-refractivity contribution is -0.116. The van der Waals surface area contributed by atoms with Gasteiger partial charge in [0.15, 0.2) is 0 Å². The minimum atomic E-state index is -3.71. The summed E-state index contributed by atoms with van der Waals surface area (Å²) in [7, 11) is -3.71. The maximum absolute atomic E-state index is 12.4. The van der Waals surface area contributed by atoms with Gasteiger partial charge in [0.2, 0.25) is 5.91 Å². The fraction of sp³-hybridized carbons (Fsp3) is 0.190. The molecule has 0 radical (unpaired) electrons. The zero-order valence-corrected chi connectivity index (χ0v) is 17.8. The van der Waals surface area contributed by atoms with E-state index in [1.807, 2.05) is 6.92 Å². The number of amides is 1. The molecule has 162 valence electrons. The lowest BCUT2D eigenvalue weighted by Crippen LogP contribution is -2.27. The van der Waals surface area contributed by atoms with Gasteiger partial charge in [-0.1, -0.05) is 17.7 Å². The molecular weight excluding hydrogens is 420 g/mol. The van der Waals surface area contributed by atoms with Crippen molar-refractivity contribution in [3.05, 3.63) is 86.2 Å². The topological polar surface area (TPSA) is 141 Å². The van der Waals surface area contributed by atoms with Crippen molar-refractivity contribution in [2.75, 3.05) is 10.0 Å². The van der Waals surface area contributed by atoms with E-state index in [1.165, 1.54) is 24.3 Å². The normalized spacial score (nSPS) is 11.2. The molecule has 0 aliphatic carbocycles. The molecule has 0 fully saturated rings. The fourth-order valence-electron chi connectivity index (χ4n) is 2.94. The second-order valence-electron chi connectivity index (χ2n) is 7.06. The Kier molecular flexibility index (Phi) is 6.40. The lowest BCUT2D eigenvalue weighted by atomic mass is 10.1. The van der Waals surface area contributed by atoms with E-state index in [2.05, 4.69) is 20.0 Å². The van der Waals surface area contributed by atoms with Gasteiger partial charge in [0.05, 0.1) is 4.90 Å². The second kappa shape index (κ2) is 9.00. The molecule has 0 saturated carbocycles. The lowest BCUT2D eigenvalue weighted by Gasteiger charge is -2.10. The molecule has 0 aliphatic rings. The van der Waals surface area contributed by atoms with Crippen molar-refractivity contribution in [3.63, 3.8) is 0 Å². The standard InChI is InChI=1S/C21H22N4O5S/c1-13-3-9-17(10-4-13)31(29,30)25-16-7-5-15(6-8-16)23-19(26)12-11-18-14(2)22-21(28)24-20(18)27/h3-10,25H,11-12H2,1-2H3,(H,23,26)(H2,22,24,27,28). The number of rotatable bonds is 7. The number of benzene rings is 2. The van der Waals surface area contributed by atoms with Crippen molar-refractivity contribution in [2.45, 2.75) is 31.6 Å². The van der Waals surface area contributed by atoms with Crippen LogP contribution in [-0.4, -0.2) is 24.3 Å². The van der Waals surface area contributed by atoms with Crippen LogP contribution in [0.25, 0.3) is 0 Å². The van der Waals surface area contributed by atoms with Crippen LogP contribution in [0.1, 0.15) is 23.2 Å². The molecule has 3 rings (SSSR count). The van der Waals surface area contributed by atoms with Crippen molar-refractivity contribution in [1.29, 1.82) is 0 Å². The average Bonchev–Trinajstić information content (AvgIpc) is 2.69. The van der Waals surface area contributed by atoms with Crippen LogP contribution in [0.4, 0.5) is 11.4 Å². The number of aryl methyl sites for hydroxylation is 2. The molecule has 9 nitrogen and oxygen atoms in total. The molecule has 1 heterocycles. The first-order chi connectivity index (χ1) is 14.6. The number of anilines is 2. The van der Waals surface area contributed by atoms with Crippen LogP contribution in [0.15, 0.2) is 63.0 Å². The van der Waals surface area contributed by atoms with E-state index in [1.54, 1.807) is 31.2 Å². The Balaban J connectivity index is 1.60. The van der Waals surface area contributed by atoms with E-state index in [0.717, 1.165) is 5.56 Å². The first kappa shape index (κ1) is 22.0. The van der Waals surface area contributed by atoms with E-state index in [9.17, 15) is 22.8 Å². The number of H-pyrrole nitrogens is 2. The first-order valence-corrected chi connectivity index (χ1v) is 10.9. The molecule has 10 heteroatoms. The number of hydrogen-bond acceptors (Lipinski definition) is 5. The van der Waals surface area contributed by atoms with Crippen molar-refractivity contribution in [1.82, 2.24) is 9.97 Å².